The molecule has 2 saturated heterocycles. The third kappa shape index (κ3) is 3.21. The molecule has 3 heterocycles. The Morgan fingerprint density at radius 2 is 2.00 bits per heavy atom. The van der Waals surface area contributed by atoms with E-state index in [0.717, 1.165) is 37.7 Å². The summed E-state index contributed by atoms with van der Waals surface area (Å²) in [5, 5.41) is 9.96. The second-order valence-electron chi connectivity index (χ2n) is 7.78. The summed E-state index contributed by atoms with van der Waals surface area (Å²) in [6.45, 7) is 1.91. The first-order valence-electron chi connectivity index (χ1n) is 9.87. The molecule has 0 radical (unpaired) electrons. The minimum absolute atomic E-state index is 0.0138. The lowest BCUT2D eigenvalue weighted by molar-refractivity contribution is -0.00568. The first kappa shape index (κ1) is 17.5. The minimum Gasteiger partial charge on any atom is -0.475 e. The lowest BCUT2D eigenvalue weighted by Crippen LogP contribution is -2.45. The van der Waals surface area contributed by atoms with Crippen molar-refractivity contribution in [1.82, 2.24) is 4.90 Å². The van der Waals surface area contributed by atoms with Crippen molar-refractivity contribution in [1.29, 1.82) is 0 Å². The van der Waals surface area contributed by atoms with Gasteiger partial charge in [-0.1, -0.05) is 36.4 Å². The van der Waals surface area contributed by atoms with Crippen LogP contribution in [-0.2, 0) is 11.3 Å². The standard InChI is InChI=1S/C23H23NO4/c25-23(26)22-12-17-11-15(8-9-19(17)27-22)14-24-10-4-7-20-18(24)13-21(28-20)16-5-2-1-3-6-16/h1-3,5-6,8-9,11-12,18,20-21H,4,7,10,13-14H2,(H,25,26)/t18-,20-,21-/m0/s1. The van der Waals surface area contributed by atoms with E-state index in [2.05, 4.69) is 29.2 Å². The number of ether oxygens (including phenoxy) is 1. The number of carboxylic acids is 1. The largest absolute Gasteiger partial charge is 0.475 e. The maximum atomic E-state index is 11.1. The number of carboxylic acid groups (broad SMARTS) is 1. The molecular weight excluding hydrogens is 354 g/mol. The maximum Gasteiger partial charge on any atom is 0.371 e. The fourth-order valence-corrected chi connectivity index (χ4v) is 4.64. The van der Waals surface area contributed by atoms with Gasteiger partial charge in [-0.25, -0.2) is 4.79 Å². The molecule has 2 aliphatic rings. The van der Waals surface area contributed by atoms with E-state index >= 15 is 0 Å². The molecule has 144 valence electrons. The van der Waals surface area contributed by atoms with E-state index in [1.54, 1.807) is 6.07 Å². The molecule has 0 unspecified atom stereocenters. The second kappa shape index (κ2) is 7.08. The monoisotopic (exact) mass is 377 g/mol. The number of hydrogen-bond acceptors (Lipinski definition) is 4. The average molecular weight is 377 g/mol. The van der Waals surface area contributed by atoms with Crippen molar-refractivity contribution in [2.75, 3.05) is 6.54 Å². The zero-order valence-corrected chi connectivity index (χ0v) is 15.6. The van der Waals surface area contributed by atoms with E-state index in [1.165, 1.54) is 11.1 Å². The lowest BCUT2D eigenvalue weighted by Gasteiger charge is -2.36. The molecule has 1 N–H and O–H groups in total. The normalized spacial score (nSPS) is 25.1. The van der Waals surface area contributed by atoms with E-state index in [1.807, 2.05) is 24.3 Å². The van der Waals surface area contributed by atoms with Gasteiger partial charge in [0.05, 0.1) is 12.2 Å². The van der Waals surface area contributed by atoms with Gasteiger partial charge in [0.15, 0.2) is 0 Å². The van der Waals surface area contributed by atoms with E-state index in [9.17, 15) is 4.79 Å². The maximum absolute atomic E-state index is 11.1. The smallest absolute Gasteiger partial charge is 0.371 e. The quantitative estimate of drug-likeness (QED) is 0.718. The van der Waals surface area contributed by atoms with Crippen LogP contribution in [0.1, 0.15) is 47.0 Å². The molecular formula is C23H23NO4. The third-order valence-electron chi connectivity index (χ3n) is 5.98. The summed E-state index contributed by atoms with van der Waals surface area (Å²) in [7, 11) is 0. The zero-order chi connectivity index (χ0) is 19.1. The number of hydrogen-bond donors (Lipinski definition) is 1. The summed E-state index contributed by atoms with van der Waals surface area (Å²) in [5.41, 5.74) is 3.05. The zero-order valence-electron chi connectivity index (χ0n) is 15.6. The molecule has 0 spiro atoms. The molecule has 5 rings (SSSR count). The van der Waals surface area contributed by atoms with Crippen molar-refractivity contribution >= 4 is 16.9 Å². The van der Waals surface area contributed by atoms with Gasteiger partial charge >= 0.3 is 5.97 Å². The molecule has 3 aromatic rings. The molecule has 5 heteroatoms. The highest BCUT2D eigenvalue weighted by molar-refractivity contribution is 5.91. The molecule has 5 nitrogen and oxygen atoms in total. The Balaban J connectivity index is 1.35. The van der Waals surface area contributed by atoms with Crippen LogP contribution in [0.3, 0.4) is 0 Å². The summed E-state index contributed by atoms with van der Waals surface area (Å²) < 4.78 is 11.8. The third-order valence-corrected chi connectivity index (χ3v) is 5.98. The Hall–Kier alpha value is -2.63. The molecule has 0 amide bonds. The van der Waals surface area contributed by atoms with Gasteiger partial charge in [0, 0.05) is 18.0 Å². The van der Waals surface area contributed by atoms with E-state index in [-0.39, 0.29) is 18.0 Å². The van der Waals surface area contributed by atoms with E-state index < -0.39 is 5.97 Å². The van der Waals surface area contributed by atoms with Gasteiger partial charge in [-0.3, -0.25) is 4.90 Å². The predicted octanol–water partition coefficient (Wildman–Crippen LogP) is 4.63. The summed E-state index contributed by atoms with van der Waals surface area (Å²) in [4.78, 5) is 13.7. The molecule has 2 aliphatic heterocycles. The van der Waals surface area contributed by atoms with Crippen LogP contribution < -0.4 is 0 Å². The Bertz CT molecular complexity index is 996. The predicted molar refractivity (Wildman–Crippen MR) is 105 cm³/mol. The Morgan fingerprint density at radius 3 is 2.82 bits per heavy atom. The summed E-state index contributed by atoms with van der Waals surface area (Å²) >= 11 is 0. The lowest BCUT2D eigenvalue weighted by atomic mass is 9.95. The molecule has 3 atom stereocenters. The number of fused-ring (bicyclic) bond motifs is 2. The number of carbonyl (C=O) groups is 1. The van der Waals surface area contributed by atoms with Crippen LogP contribution in [-0.4, -0.2) is 34.7 Å². The number of aromatic carboxylic acids is 1. The Kier molecular flexibility index (Phi) is 4.41. The minimum atomic E-state index is -1.04. The highest BCUT2D eigenvalue weighted by atomic mass is 16.5. The van der Waals surface area contributed by atoms with Crippen LogP contribution in [0.4, 0.5) is 0 Å². The van der Waals surface area contributed by atoms with Crippen molar-refractivity contribution in [3.8, 4) is 0 Å². The van der Waals surface area contributed by atoms with Crippen molar-refractivity contribution in [3.05, 3.63) is 71.5 Å². The molecule has 0 bridgehead atoms. The van der Waals surface area contributed by atoms with Crippen LogP contribution in [0.2, 0.25) is 0 Å². The fourth-order valence-electron chi connectivity index (χ4n) is 4.64. The molecule has 2 fully saturated rings. The van der Waals surface area contributed by atoms with Gasteiger partial charge in [0.25, 0.3) is 0 Å². The van der Waals surface area contributed by atoms with Crippen LogP contribution in [0.25, 0.3) is 11.0 Å². The van der Waals surface area contributed by atoms with Crippen LogP contribution in [0, 0.1) is 0 Å². The fraction of sp³-hybridized carbons (Fsp3) is 0.348. The second-order valence-corrected chi connectivity index (χ2v) is 7.78. The average Bonchev–Trinajstić information content (AvgIpc) is 3.33. The van der Waals surface area contributed by atoms with Crippen LogP contribution >= 0.6 is 0 Å². The van der Waals surface area contributed by atoms with E-state index in [4.69, 9.17) is 14.3 Å². The SMILES string of the molecule is O=C(O)c1cc2cc(CN3CCC[C@@H]4O[C@H](c5ccccc5)C[C@@H]43)ccc2o1. The number of benzene rings is 2. The molecule has 28 heavy (non-hydrogen) atoms. The Labute approximate surface area is 163 Å². The van der Waals surface area contributed by atoms with Gasteiger partial charge in [-0.2, -0.15) is 0 Å². The van der Waals surface area contributed by atoms with Crippen molar-refractivity contribution < 1.29 is 19.1 Å². The number of rotatable bonds is 4. The van der Waals surface area contributed by atoms with Gasteiger partial charge in [0.2, 0.25) is 5.76 Å². The number of furan rings is 1. The number of nitrogens with zero attached hydrogens (tertiary/aromatic N) is 1. The van der Waals surface area contributed by atoms with Crippen molar-refractivity contribution in [3.63, 3.8) is 0 Å². The summed E-state index contributed by atoms with van der Waals surface area (Å²) in [6.07, 6.45) is 3.74. The molecule has 1 aromatic heterocycles. The Morgan fingerprint density at radius 1 is 1.14 bits per heavy atom. The molecule has 2 aromatic carbocycles. The first-order chi connectivity index (χ1) is 13.7. The first-order valence-corrected chi connectivity index (χ1v) is 9.87. The van der Waals surface area contributed by atoms with Crippen molar-refractivity contribution in [2.24, 2.45) is 0 Å². The van der Waals surface area contributed by atoms with Crippen LogP contribution in [0.5, 0.6) is 0 Å². The van der Waals surface area contributed by atoms with E-state index in [0.29, 0.717) is 11.6 Å². The van der Waals surface area contributed by atoms with Gasteiger partial charge in [-0.15, -0.1) is 0 Å². The summed E-state index contributed by atoms with van der Waals surface area (Å²) in [5.74, 6) is -1.05. The molecule has 0 saturated carbocycles. The number of piperidine rings is 1. The van der Waals surface area contributed by atoms with Gasteiger partial charge in [0.1, 0.15) is 5.58 Å². The summed E-state index contributed by atoms with van der Waals surface area (Å²) in [6, 6.07) is 18.5. The van der Waals surface area contributed by atoms with Gasteiger partial charge < -0.3 is 14.3 Å². The number of likely N-dealkylation sites (tertiary alicyclic amines) is 1. The van der Waals surface area contributed by atoms with Gasteiger partial charge in [-0.05, 0) is 55.1 Å². The van der Waals surface area contributed by atoms with Crippen LogP contribution in [0.15, 0.2) is 59.0 Å². The topological polar surface area (TPSA) is 62.9 Å². The molecule has 0 aliphatic carbocycles. The highest BCUT2D eigenvalue weighted by Crippen LogP contribution is 2.40. The van der Waals surface area contributed by atoms with Crippen molar-refractivity contribution in [2.45, 2.75) is 44.1 Å². The highest BCUT2D eigenvalue weighted by Gasteiger charge is 2.41.